The van der Waals surface area contributed by atoms with Crippen molar-refractivity contribution in [1.82, 2.24) is 9.55 Å². The van der Waals surface area contributed by atoms with Gasteiger partial charge in [0.1, 0.15) is 0 Å². The number of hydrogen-bond acceptors (Lipinski definition) is 3. The van der Waals surface area contributed by atoms with Gasteiger partial charge < -0.3 is 5.73 Å². The number of hydrogen-bond donors (Lipinski definition) is 1. The molecule has 90 valence electrons. The van der Waals surface area contributed by atoms with Crippen molar-refractivity contribution < 1.29 is 0 Å². The van der Waals surface area contributed by atoms with Crippen LogP contribution >= 0.6 is 11.6 Å². The quantitative estimate of drug-likeness (QED) is 0.827. The van der Waals surface area contributed by atoms with Crippen molar-refractivity contribution in [2.75, 3.05) is 0 Å². The number of fused-ring (bicyclic) bond motifs is 1. The Hall–Kier alpha value is -1.39. The second-order valence-corrected chi connectivity index (χ2v) is 4.63. The van der Waals surface area contributed by atoms with E-state index in [2.05, 4.69) is 4.98 Å². The highest BCUT2D eigenvalue weighted by atomic mass is 35.5. The van der Waals surface area contributed by atoms with E-state index in [0.29, 0.717) is 17.4 Å². The van der Waals surface area contributed by atoms with Gasteiger partial charge >= 0.3 is 0 Å². The normalized spacial score (nSPS) is 12.9. The third-order valence-electron chi connectivity index (χ3n) is 2.53. The molecule has 0 aliphatic heterocycles. The Morgan fingerprint density at radius 3 is 2.88 bits per heavy atom. The monoisotopic (exact) mass is 251 g/mol. The molecule has 1 aromatic carbocycles. The topological polar surface area (TPSA) is 60.9 Å². The largest absolute Gasteiger partial charge is 0.326 e. The van der Waals surface area contributed by atoms with Gasteiger partial charge in [-0.05, 0) is 37.6 Å². The van der Waals surface area contributed by atoms with E-state index in [1.165, 1.54) is 4.57 Å². The molecule has 1 heterocycles. The molecule has 1 atom stereocenters. The lowest BCUT2D eigenvalue weighted by Gasteiger charge is -2.11. The molecule has 0 saturated carbocycles. The summed E-state index contributed by atoms with van der Waals surface area (Å²) < 4.78 is 1.41. The summed E-state index contributed by atoms with van der Waals surface area (Å²) in [7, 11) is 0. The van der Waals surface area contributed by atoms with Crippen LogP contribution < -0.4 is 11.3 Å². The van der Waals surface area contributed by atoms with Crippen LogP contribution in [0, 0.1) is 6.92 Å². The van der Waals surface area contributed by atoms with Crippen molar-refractivity contribution in [3.8, 4) is 0 Å². The van der Waals surface area contributed by atoms with Gasteiger partial charge in [0, 0.05) is 12.6 Å². The summed E-state index contributed by atoms with van der Waals surface area (Å²) in [5.74, 6) is 0. The number of nitrogens with two attached hydrogens (primary N) is 1. The van der Waals surface area contributed by atoms with Crippen molar-refractivity contribution in [3.63, 3.8) is 0 Å². The Morgan fingerprint density at radius 2 is 2.24 bits per heavy atom. The van der Waals surface area contributed by atoms with Crippen LogP contribution in [0.5, 0.6) is 0 Å². The summed E-state index contributed by atoms with van der Waals surface area (Å²) in [5, 5.41) is 0.763. The molecule has 17 heavy (non-hydrogen) atoms. The van der Waals surface area contributed by atoms with Crippen molar-refractivity contribution in [2.45, 2.75) is 26.4 Å². The van der Waals surface area contributed by atoms with E-state index in [0.717, 1.165) is 5.56 Å². The predicted molar refractivity (Wildman–Crippen MR) is 69.4 cm³/mol. The summed E-state index contributed by atoms with van der Waals surface area (Å²) in [4.78, 5) is 16.4. The third-order valence-corrected chi connectivity index (χ3v) is 2.82. The first-order valence-electron chi connectivity index (χ1n) is 5.41. The second kappa shape index (κ2) is 4.47. The minimum absolute atomic E-state index is 0.138. The number of nitrogens with zero attached hydrogens (tertiary/aromatic N) is 2. The molecule has 4 nitrogen and oxygen atoms in total. The number of aromatic nitrogens is 2. The molecule has 0 saturated heterocycles. The van der Waals surface area contributed by atoms with E-state index in [-0.39, 0.29) is 16.9 Å². The highest BCUT2D eigenvalue weighted by Gasteiger charge is 2.10. The summed E-state index contributed by atoms with van der Waals surface area (Å²) in [6.45, 7) is 4.13. The van der Waals surface area contributed by atoms with Crippen LogP contribution in [-0.4, -0.2) is 15.6 Å². The van der Waals surface area contributed by atoms with Gasteiger partial charge in [-0.25, -0.2) is 4.98 Å². The van der Waals surface area contributed by atoms with Crippen molar-refractivity contribution in [1.29, 1.82) is 0 Å². The van der Waals surface area contributed by atoms with Gasteiger partial charge in [0.05, 0.1) is 10.9 Å². The first-order chi connectivity index (χ1) is 7.99. The summed E-state index contributed by atoms with van der Waals surface area (Å²) in [6.07, 6.45) is 0. The molecule has 0 fully saturated rings. The molecule has 0 spiro atoms. The maximum atomic E-state index is 12.2. The minimum Gasteiger partial charge on any atom is -0.326 e. The predicted octanol–water partition coefficient (Wildman–Crippen LogP) is 1.71. The van der Waals surface area contributed by atoms with Crippen LogP contribution in [0.2, 0.25) is 5.28 Å². The van der Waals surface area contributed by atoms with E-state index in [9.17, 15) is 4.79 Å². The van der Waals surface area contributed by atoms with Crippen LogP contribution in [0.1, 0.15) is 12.5 Å². The second-order valence-electron chi connectivity index (χ2n) is 4.29. The lowest BCUT2D eigenvalue weighted by molar-refractivity contribution is 0.571. The minimum atomic E-state index is -0.144. The van der Waals surface area contributed by atoms with Crippen LogP contribution in [-0.2, 0) is 6.54 Å². The molecule has 0 bridgehead atoms. The van der Waals surface area contributed by atoms with E-state index >= 15 is 0 Å². The Morgan fingerprint density at radius 1 is 1.53 bits per heavy atom. The van der Waals surface area contributed by atoms with Crippen LogP contribution in [0.15, 0.2) is 23.0 Å². The Labute approximate surface area is 104 Å². The molecular weight excluding hydrogens is 238 g/mol. The summed E-state index contributed by atoms with van der Waals surface area (Å²) in [5.41, 5.74) is 7.19. The van der Waals surface area contributed by atoms with E-state index in [1.54, 1.807) is 6.07 Å². The van der Waals surface area contributed by atoms with Gasteiger partial charge in [-0.3, -0.25) is 9.36 Å². The first kappa shape index (κ1) is 12.1. The average Bonchev–Trinajstić information content (AvgIpc) is 2.25. The highest BCUT2D eigenvalue weighted by Crippen LogP contribution is 2.13. The summed E-state index contributed by atoms with van der Waals surface area (Å²) in [6, 6.07) is 5.38. The van der Waals surface area contributed by atoms with Crippen molar-refractivity contribution in [3.05, 3.63) is 39.4 Å². The molecule has 5 heteroatoms. The van der Waals surface area contributed by atoms with Crippen molar-refractivity contribution in [2.24, 2.45) is 5.73 Å². The maximum absolute atomic E-state index is 12.2. The number of halogens is 1. The fourth-order valence-electron chi connectivity index (χ4n) is 1.75. The van der Waals surface area contributed by atoms with Gasteiger partial charge in [-0.15, -0.1) is 0 Å². The SMILES string of the molecule is Cc1ccc2nc(Cl)n(CC(C)N)c(=O)c2c1. The molecule has 2 N–H and O–H groups in total. The van der Waals surface area contributed by atoms with Crippen LogP contribution in [0.25, 0.3) is 10.9 Å². The molecule has 1 unspecified atom stereocenters. The van der Waals surface area contributed by atoms with Crippen molar-refractivity contribution >= 4 is 22.5 Å². The average molecular weight is 252 g/mol. The fourth-order valence-corrected chi connectivity index (χ4v) is 1.99. The van der Waals surface area contributed by atoms with Gasteiger partial charge in [0.15, 0.2) is 0 Å². The molecule has 0 aliphatic rings. The smallest absolute Gasteiger partial charge is 0.262 e. The molecule has 2 rings (SSSR count). The molecule has 0 radical (unpaired) electrons. The highest BCUT2D eigenvalue weighted by molar-refractivity contribution is 6.28. The van der Waals surface area contributed by atoms with Crippen LogP contribution in [0.4, 0.5) is 0 Å². The van der Waals surface area contributed by atoms with Gasteiger partial charge in [-0.1, -0.05) is 11.6 Å². The summed E-state index contributed by atoms with van der Waals surface area (Å²) >= 11 is 5.99. The van der Waals surface area contributed by atoms with E-state index < -0.39 is 0 Å². The van der Waals surface area contributed by atoms with E-state index in [1.807, 2.05) is 26.0 Å². The zero-order chi connectivity index (χ0) is 12.6. The lowest BCUT2D eigenvalue weighted by atomic mass is 10.2. The van der Waals surface area contributed by atoms with Crippen LogP contribution in [0.3, 0.4) is 0 Å². The fraction of sp³-hybridized carbons (Fsp3) is 0.333. The number of benzene rings is 1. The lowest BCUT2D eigenvalue weighted by Crippen LogP contribution is -2.31. The molecule has 0 amide bonds. The van der Waals surface area contributed by atoms with Gasteiger partial charge in [-0.2, -0.15) is 0 Å². The number of rotatable bonds is 2. The third kappa shape index (κ3) is 2.33. The molecule has 1 aromatic heterocycles. The molecule has 0 aliphatic carbocycles. The zero-order valence-corrected chi connectivity index (χ0v) is 10.5. The van der Waals surface area contributed by atoms with E-state index in [4.69, 9.17) is 17.3 Å². The molecule has 2 aromatic rings. The van der Waals surface area contributed by atoms with Gasteiger partial charge in [0.2, 0.25) is 5.28 Å². The maximum Gasteiger partial charge on any atom is 0.262 e. The Bertz CT molecular complexity index is 619. The standard InChI is InChI=1S/C12H14ClN3O/c1-7-3-4-10-9(5-7)11(17)16(6-8(2)14)12(13)15-10/h3-5,8H,6,14H2,1-2H3. The first-order valence-corrected chi connectivity index (χ1v) is 5.79. The Kier molecular flexibility index (Phi) is 3.17. The number of aryl methyl sites for hydroxylation is 1. The molecular formula is C12H14ClN3O. The zero-order valence-electron chi connectivity index (χ0n) is 9.77. The Balaban J connectivity index is 2.73. The van der Waals surface area contributed by atoms with Gasteiger partial charge in [0.25, 0.3) is 5.56 Å².